The maximum Gasteiger partial charge on any atom is 0.238 e. The van der Waals surface area contributed by atoms with Crippen LogP contribution in [-0.2, 0) is 14.6 Å². The second-order valence-corrected chi connectivity index (χ2v) is 9.00. The quantitative estimate of drug-likeness (QED) is 0.708. The van der Waals surface area contributed by atoms with Gasteiger partial charge in [0.2, 0.25) is 5.91 Å². The molecule has 0 radical (unpaired) electrons. The van der Waals surface area contributed by atoms with Crippen molar-refractivity contribution in [2.75, 3.05) is 18.1 Å². The molecular formula is C17H17Cl3N2O3S. The van der Waals surface area contributed by atoms with Crippen LogP contribution in [0, 0.1) is 0 Å². The summed E-state index contributed by atoms with van der Waals surface area (Å²) in [5, 5.41) is 6.93. The summed E-state index contributed by atoms with van der Waals surface area (Å²) in [6.07, 6.45) is 1.08. The summed E-state index contributed by atoms with van der Waals surface area (Å²) in [4.78, 5) is 12.2. The summed E-state index contributed by atoms with van der Waals surface area (Å²) < 4.78 is 23.2. The van der Waals surface area contributed by atoms with Crippen molar-refractivity contribution in [1.82, 2.24) is 5.32 Å². The fourth-order valence-electron chi connectivity index (χ4n) is 2.23. The maximum atomic E-state index is 12.2. The largest absolute Gasteiger partial charge is 0.324 e. The lowest BCUT2D eigenvalue weighted by Gasteiger charge is -2.16. The Morgan fingerprint density at radius 2 is 1.77 bits per heavy atom. The lowest BCUT2D eigenvalue weighted by atomic mass is 10.1. The summed E-state index contributed by atoms with van der Waals surface area (Å²) in [6, 6.07) is 9.09. The zero-order valence-electron chi connectivity index (χ0n) is 14.0. The van der Waals surface area contributed by atoms with E-state index in [2.05, 4.69) is 10.6 Å². The number of hydrogen-bond donors (Lipinski definition) is 2. The minimum Gasteiger partial charge on any atom is -0.324 e. The molecule has 0 aliphatic heterocycles. The monoisotopic (exact) mass is 434 g/mol. The summed E-state index contributed by atoms with van der Waals surface area (Å²) in [5.41, 5.74) is 1.04. The molecule has 0 heterocycles. The molecule has 1 atom stereocenters. The molecule has 26 heavy (non-hydrogen) atoms. The number of rotatable bonds is 6. The van der Waals surface area contributed by atoms with Gasteiger partial charge in [0.1, 0.15) is 0 Å². The first-order valence-corrected chi connectivity index (χ1v) is 10.6. The fourth-order valence-corrected chi connectivity index (χ4v) is 3.62. The Bertz CT molecular complexity index is 933. The van der Waals surface area contributed by atoms with Gasteiger partial charge in [0.25, 0.3) is 0 Å². The molecule has 2 aromatic rings. The molecule has 0 aliphatic carbocycles. The molecule has 2 aromatic carbocycles. The molecule has 0 aliphatic rings. The average Bonchev–Trinajstić information content (AvgIpc) is 2.53. The third-order valence-corrected chi connectivity index (χ3v) is 5.64. The van der Waals surface area contributed by atoms with Gasteiger partial charge in [0.05, 0.1) is 22.2 Å². The predicted octanol–water partition coefficient (Wildman–Crippen LogP) is 4.34. The Labute approximate surface area is 167 Å². The first kappa shape index (κ1) is 21.0. The molecule has 2 rings (SSSR count). The van der Waals surface area contributed by atoms with Gasteiger partial charge in [-0.15, -0.1) is 0 Å². The first-order valence-electron chi connectivity index (χ1n) is 7.55. The molecule has 9 heteroatoms. The van der Waals surface area contributed by atoms with E-state index < -0.39 is 9.84 Å². The van der Waals surface area contributed by atoms with E-state index in [0.29, 0.717) is 10.0 Å². The van der Waals surface area contributed by atoms with Crippen molar-refractivity contribution in [2.45, 2.75) is 17.9 Å². The number of hydrogen-bond acceptors (Lipinski definition) is 4. The summed E-state index contributed by atoms with van der Waals surface area (Å²) in [7, 11) is -3.40. The van der Waals surface area contributed by atoms with E-state index in [-0.39, 0.29) is 34.1 Å². The second kappa shape index (κ2) is 8.59. The van der Waals surface area contributed by atoms with Crippen LogP contribution in [0.3, 0.4) is 0 Å². The van der Waals surface area contributed by atoms with Crippen LogP contribution in [0.25, 0.3) is 0 Å². The molecule has 0 saturated heterocycles. The van der Waals surface area contributed by atoms with Crippen LogP contribution in [0.2, 0.25) is 15.1 Å². The molecule has 0 saturated carbocycles. The molecule has 5 nitrogen and oxygen atoms in total. The summed E-state index contributed by atoms with van der Waals surface area (Å²) in [5.74, 6) is -0.366. The Balaban J connectivity index is 2.03. The second-order valence-electron chi connectivity index (χ2n) is 5.73. The van der Waals surface area contributed by atoms with E-state index in [1.54, 1.807) is 18.2 Å². The third kappa shape index (κ3) is 5.59. The Hall–Kier alpha value is -1.31. The summed E-state index contributed by atoms with van der Waals surface area (Å²) >= 11 is 18.1. The van der Waals surface area contributed by atoms with E-state index in [9.17, 15) is 13.2 Å². The molecule has 0 unspecified atom stereocenters. The number of carbonyl (C=O) groups excluding carboxylic acids is 1. The average molecular weight is 436 g/mol. The Morgan fingerprint density at radius 1 is 1.08 bits per heavy atom. The first-order chi connectivity index (χ1) is 12.1. The maximum absolute atomic E-state index is 12.2. The number of carbonyl (C=O) groups is 1. The molecule has 1 amide bonds. The Morgan fingerprint density at radius 3 is 2.38 bits per heavy atom. The lowest BCUT2D eigenvalue weighted by Crippen LogP contribution is -2.30. The van der Waals surface area contributed by atoms with Crippen molar-refractivity contribution in [3.05, 3.63) is 57.0 Å². The van der Waals surface area contributed by atoms with Gasteiger partial charge in [-0.25, -0.2) is 8.42 Å². The van der Waals surface area contributed by atoms with E-state index in [1.165, 1.54) is 18.2 Å². The molecular weight excluding hydrogens is 419 g/mol. The molecule has 140 valence electrons. The minimum absolute atomic E-state index is 0.0143. The zero-order valence-corrected chi connectivity index (χ0v) is 17.1. The van der Waals surface area contributed by atoms with Gasteiger partial charge in [-0.1, -0.05) is 40.9 Å². The summed E-state index contributed by atoms with van der Waals surface area (Å²) in [6.45, 7) is 1.85. The van der Waals surface area contributed by atoms with Crippen LogP contribution in [0.4, 0.5) is 5.69 Å². The standard InChI is InChI=1S/C17H17Cl3N2O3S/c1-10(13-5-3-11(18)7-15(13)20)21-9-17(23)22-16-8-12(26(2,24)25)4-6-14(16)19/h3-8,10,21H,9H2,1-2H3,(H,22,23)/t10-/m1/s1. The van der Waals surface area contributed by atoms with Crippen LogP contribution >= 0.6 is 34.8 Å². The highest BCUT2D eigenvalue weighted by molar-refractivity contribution is 7.90. The van der Waals surface area contributed by atoms with Crippen LogP contribution in [0.5, 0.6) is 0 Å². The van der Waals surface area contributed by atoms with E-state index >= 15 is 0 Å². The molecule has 0 aromatic heterocycles. The van der Waals surface area contributed by atoms with Crippen LogP contribution in [0.1, 0.15) is 18.5 Å². The van der Waals surface area contributed by atoms with Crippen molar-refractivity contribution in [3.63, 3.8) is 0 Å². The van der Waals surface area contributed by atoms with Crippen LogP contribution in [0.15, 0.2) is 41.3 Å². The highest BCUT2D eigenvalue weighted by Gasteiger charge is 2.14. The smallest absolute Gasteiger partial charge is 0.238 e. The van der Waals surface area contributed by atoms with E-state index in [1.807, 2.05) is 6.92 Å². The molecule has 0 fully saturated rings. The predicted molar refractivity (Wildman–Crippen MR) is 106 cm³/mol. The molecule has 2 N–H and O–H groups in total. The highest BCUT2D eigenvalue weighted by Crippen LogP contribution is 2.27. The molecule has 0 bridgehead atoms. The van der Waals surface area contributed by atoms with Crippen molar-refractivity contribution >= 4 is 56.2 Å². The van der Waals surface area contributed by atoms with Crippen molar-refractivity contribution in [3.8, 4) is 0 Å². The van der Waals surface area contributed by atoms with Crippen molar-refractivity contribution in [2.24, 2.45) is 0 Å². The number of benzene rings is 2. The van der Waals surface area contributed by atoms with Crippen LogP contribution < -0.4 is 10.6 Å². The number of halogens is 3. The van der Waals surface area contributed by atoms with Gasteiger partial charge in [0, 0.05) is 22.3 Å². The third-order valence-electron chi connectivity index (χ3n) is 3.64. The minimum atomic E-state index is -3.40. The SMILES string of the molecule is C[C@@H](NCC(=O)Nc1cc(S(C)(=O)=O)ccc1Cl)c1ccc(Cl)cc1Cl. The van der Waals surface area contributed by atoms with Gasteiger partial charge in [0.15, 0.2) is 9.84 Å². The van der Waals surface area contributed by atoms with Crippen molar-refractivity contribution in [1.29, 1.82) is 0 Å². The topological polar surface area (TPSA) is 75.3 Å². The zero-order chi connectivity index (χ0) is 19.5. The molecule has 0 spiro atoms. The van der Waals surface area contributed by atoms with Gasteiger partial charge in [-0.2, -0.15) is 0 Å². The number of anilines is 1. The van der Waals surface area contributed by atoms with E-state index in [4.69, 9.17) is 34.8 Å². The van der Waals surface area contributed by atoms with Gasteiger partial charge < -0.3 is 10.6 Å². The van der Waals surface area contributed by atoms with Gasteiger partial charge >= 0.3 is 0 Å². The number of amides is 1. The van der Waals surface area contributed by atoms with E-state index in [0.717, 1.165) is 11.8 Å². The lowest BCUT2D eigenvalue weighted by molar-refractivity contribution is -0.115. The highest BCUT2D eigenvalue weighted by atomic mass is 35.5. The van der Waals surface area contributed by atoms with Gasteiger partial charge in [-0.3, -0.25) is 4.79 Å². The van der Waals surface area contributed by atoms with Crippen LogP contribution in [-0.4, -0.2) is 27.1 Å². The van der Waals surface area contributed by atoms with Crippen molar-refractivity contribution < 1.29 is 13.2 Å². The number of sulfone groups is 1. The Kier molecular flexibility index (Phi) is 6.93. The number of nitrogens with one attached hydrogen (secondary N) is 2. The van der Waals surface area contributed by atoms with Gasteiger partial charge in [-0.05, 0) is 42.8 Å². The fraction of sp³-hybridized carbons (Fsp3) is 0.235. The normalized spacial score (nSPS) is 12.7.